The van der Waals surface area contributed by atoms with E-state index in [4.69, 9.17) is 4.74 Å². The van der Waals surface area contributed by atoms with Crippen LogP contribution in [0, 0.1) is 20.8 Å². The zero-order chi connectivity index (χ0) is 13.8. The van der Waals surface area contributed by atoms with Gasteiger partial charge >= 0.3 is 0 Å². The van der Waals surface area contributed by atoms with Gasteiger partial charge in [-0.15, -0.1) is 0 Å². The topological polar surface area (TPSA) is 29.5 Å². The standard InChI is InChI=1S/C17H26O2/c1-12-8-13(2)17(14(3)9-12)11-15(18)10-16-6-4-5-7-19-16/h8-9,15-16,18H,4-7,10-11H2,1-3H3. The average Bonchev–Trinajstić information content (AvgIpc) is 2.35. The van der Waals surface area contributed by atoms with Crippen LogP contribution in [0.3, 0.4) is 0 Å². The van der Waals surface area contributed by atoms with E-state index in [1.54, 1.807) is 0 Å². The maximum Gasteiger partial charge on any atom is 0.0605 e. The molecule has 0 bridgehead atoms. The van der Waals surface area contributed by atoms with Gasteiger partial charge in [0.05, 0.1) is 12.2 Å². The van der Waals surface area contributed by atoms with Crippen LogP contribution in [0.1, 0.15) is 47.9 Å². The molecule has 0 amide bonds. The quantitative estimate of drug-likeness (QED) is 0.900. The summed E-state index contributed by atoms with van der Waals surface area (Å²) in [5, 5.41) is 10.3. The molecule has 1 N–H and O–H groups in total. The van der Waals surface area contributed by atoms with Crippen molar-refractivity contribution in [2.45, 2.75) is 65.1 Å². The van der Waals surface area contributed by atoms with E-state index in [0.29, 0.717) is 0 Å². The van der Waals surface area contributed by atoms with Crippen LogP contribution in [-0.4, -0.2) is 23.9 Å². The van der Waals surface area contributed by atoms with E-state index in [2.05, 4.69) is 32.9 Å². The highest BCUT2D eigenvalue weighted by Gasteiger charge is 2.19. The first-order valence-electron chi connectivity index (χ1n) is 7.42. The van der Waals surface area contributed by atoms with Crippen molar-refractivity contribution in [2.24, 2.45) is 0 Å². The van der Waals surface area contributed by atoms with E-state index in [9.17, 15) is 5.11 Å². The first kappa shape index (κ1) is 14.5. The summed E-state index contributed by atoms with van der Waals surface area (Å²) in [6.45, 7) is 7.26. The second-order valence-electron chi connectivity index (χ2n) is 5.96. The minimum absolute atomic E-state index is 0.259. The molecule has 1 fully saturated rings. The van der Waals surface area contributed by atoms with E-state index >= 15 is 0 Å². The second kappa shape index (κ2) is 6.53. The SMILES string of the molecule is Cc1cc(C)c(CC(O)CC2CCCCO2)c(C)c1. The average molecular weight is 262 g/mol. The van der Waals surface area contributed by atoms with E-state index in [0.717, 1.165) is 25.9 Å². The van der Waals surface area contributed by atoms with Gasteiger partial charge in [0, 0.05) is 6.61 Å². The molecule has 0 aromatic heterocycles. The van der Waals surface area contributed by atoms with Crippen LogP contribution in [0.2, 0.25) is 0 Å². The lowest BCUT2D eigenvalue weighted by Crippen LogP contribution is -2.26. The van der Waals surface area contributed by atoms with E-state index in [-0.39, 0.29) is 12.2 Å². The van der Waals surface area contributed by atoms with Gasteiger partial charge in [0.1, 0.15) is 0 Å². The lowest BCUT2D eigenvalue weighted by molar-refractivity contribution is -0.0148. The first-order chi connectivity index (χ1) is 9.06. The molecule has 19 heavy (non-hydrogen) atoms. The summed E-state index contributed by atoms with van der Waals surface area (Å²) in [5.41, 5.74) is 5.18. The second-order valence-corrected chi connectivity index (χ2v) is 5.96. The maximum atomic E-state index is 10.3. The molecule has 1 aromatic rings. The number of hydrogen-bond donors (Lipinski definition) is 1. The van der Waals surface area contributed by atoms with Crippen LogP contribution in [0.5, 0.6) is 0 Å². The molecule has 1 aromatic carbocycles. The third kappa shape index (κ3) is 4.05. The van der Waals surface area contributed by atoms with Crippen molar-refractivity contribution in [3.05, 3.63) is 34.4 Å². The van der Waals surface area contributed by atoms with Crippen LogP contribution < -0.4 is 0 Å². The Kier molecular flexibility index (Phi) is 5.00. The molecular weight excluding hydrogens is 236 g/mol. The first-order valence-corrected chi connectivity index (χ1v) is 7.42. The molecule has 0 saturated carbocycles. The summed E-state index contributed by atoms with van der Waals surface area (Å²) in [6.07, 6.45) is 4.99. The Morgan fingerprint density at radius 1 is 1.21 bits per heavy atom. The van der Waals surface area contributed by atoms with Gasteiger partial charge in [0.25, 0.3) is 0 Å². The number of aryl methyl sites for hydroxylation is 3. The van der Waals surface area contributed by atoms with Crippen LogP contribution in [0.25, 0.3) is 0 Å². The summed E-state index contributed by atoms with van der Waals surface area (Å²) >= 11 is 0. The molecule has 0 spiro atoms. The van der Waals surface area contributed by atoms with Crippen LogP contribution in [-0.2, 0) is 11.2 Å². The summed E-state index contributed by atoms with van der Waals surface area (Å²) in [7, 11) is 0. The third-order valence-electron chi connectivity index (χ3n) is 4.09. The van der Waals surface area contributed by atoms with E-state index in [1.165, 1.54) is 35.1 Å². The molecule has 106 valence electrons. The fraction of sp³-hybridized carbons (Fsp3) is 0.647. The normalized spacial score (nSPS) is 21.4. The lowest BCUT2D eigenvalue weighted by Gasteiger charge is -2.25. The zero-order valence-electron chi connectivity index (χ0n) is 12.4. The molecule has 2 atom stereocenters. The smallest absolute Gasteiger partial charge is 0.0605 e. The van der Waals surface area contributed by atoms with Gasteiger partial charge in [-0.1, -0.05) is 17.7 Å². The molecule has 1 saturated heterocycles. The molecule has 2 unspecified atom stereocenters. The van der Waals surface area contributed by atoms with Crippen molar-refractivity contribution >= 4 is 0 Å². The van der Waals surface area contributed by atoms with Crippen molar-refractivity contribution in [2.75, 3.05) is 6.61 Å². The Labute approximate surface area is 116 Å². The Bertz CT molecular complexity index is 396. The minimum atomic E-state index is -0.289. The summed E-state index contributed by atoms with van der Waals surface area (Å²) in [5.74, 6) is 0. The molecule has 2 rings (SSSR count). The summed E-state index contributed by atoms with van der Waals surface area (Å²) < 4.78 is 5.71. The Morgan fingerprint density at radius 2 is 1.89 bits per heavy atom. The van der Waals surface area contributed by atoms with E-state index < -0.39 is 0 Å². The number of benzene rings is 1. The van der Waals surface area contributed by atoms with Crippen molar-refractivity contribution in [3.8, 4) is 0 Å². The van der Waals surface area contributed by atoms with Gasteiger partial charge in [-0.05, 0) is 69.6 Å². The van der Waals surface area contributed by atoms with Crippen LogP contribution in [0.4, 0.5) is 0 Å². The van der Waals surface area contributed by atoms with Gasteiger partial charge in [0.15, 0.2) is 0 Å². The Hall–Kier alpha value is -0.860. The monoisotopic (exact) mass is 262 g/mol. The van der Waals surface area contributed by atoms with Crippen molar-refractivity contribution in [1.29, 1.82) is 0 Å². The number of rotatable bonds is 4. The zero-order valence-corrected chi connectivity index (χ0v) is 12.4. The Morgan fingerprint density at radius 3 is 2.47 bits per heavy atom. The number of ether oxygens (including phenoxy) is 1. The number of aliphatic hydroxyl groups excluding tert-OH is 1. The predicted molar refractivity (Wildman–Crippen MR) is 78.6 cm³/mol. The molecule has 1 heterocycles. The third-order valence-corrected chi connectivity index (χ3v) is 4.09. The molecule has 0 radical (unpaired) electrons. The molecule has 2 nitrogen and oxygen atoms in total. The van der Waals surface area contributed by atoms with Crippen molar-refractivity contribution in [1.82, 2.24) is 0 Å². The van der Waals surface area contributed by atoms with Gasteiger partial charge in [-0.2, -0.15) is 0 Å². The lowest BCUT2D eigenvalue weighted by atomic mass is 9.92. The number of aliphatic hydroxyl groups is 1. The van der Waals surface area contributed by atoms with Crippen LogP contribution >= 0.6 is 0 Å². The van der Waals surface area contributed by atoms with Crippen molar-refractivity contribution < 1.29 is 9.84 Å². The highest BCUT2D eigenvalue weighted by atomic mass is 16.5. The highest BCUT2D eigenvalue weighted by Crippen LogP contribution is 2.22. The number of hydrogen-bond acceptors (Lipinski definition) is 2. The molecule has 1 aliphatic heterocycles. The molecule has 0 aliphatic carbocycles. The van der Waals surface area contributed by atoms with Crippen molar-refractivity contribution in [3.63, 3.8) is 0 Å². The molecule has 2 heteroatoms. The van der Waals surface area contributed by atoms with Gasteiger partial charge < -0.3 is 9.84 Å². The fourth-order valence-electron chi connectivity index (χ4n) is 3.15. The summed E-state index contributed by atoms with van der Waals surface area (Å²) in [4.78, 5) is 0. The van der Waals surface area contributed by atoms with Gasteiger partial charge in [0.2, 0.25) is 0 Å². The largest absolute Gasteiger partial charge is 0.393 e. The molecular formula is C17H26O2. The van der Waals surface area contributed by atoms with E-state index in [1.807, 2.05) is 0 Å². The molecule has 1 aliphatic rings. The summed E-state index contributed by atoms with van der Waals surface area (Å²) in [6, 6.07) is 4.40. The maximum absolute atomic E-state index is 10.3. The minimum Gasteiger partial charge on any atom is -0.393 e. The highest BCUT2D eigenvalue weighted by molar-refractivity contribution is 5.37. The fourth-order valence-corrected chi connectivity index (χ4v) is 3.15. The van der Waals surface area contributed by atoms with Gasteiger partial charge in [-0.3, -0.25) is 0 Å². The van der Waals surface area contributed by atoms with Gasteiger partial charge in [-0.25, -0.2) is 0 Å². The predicted octanol–water partition coefficient (Wildman–Crippen LogP) is 3.47. The van der Waals surface area contributed by atoms with Crippen LogP contribution in [0.15, 0.2) is 12.1 Å². The Balaban J connectivity index is 1.96.